The van der Waals surface area contributed by atoms with E-state index in [-0.39, 0.29) is 11.8 Å². The molecule has 0 spiro atoms. The van der Waals surface area contributed by atoms with Crippen molar-refractivity contribution in [1.29, 1.82) is 0 Å². The van der Waals surface area contributed by atoms with Crippen LogP contribution in [-0.2, 0) is 23.8 Å². The molecule has 124 valence electrons. The van der Waals surface area contributed by atoms with Gasteiger partial charge in [0.15, 0.2) is 11.9 Å². The van der Waals surface area contributed by atoms with Crippen LogP contribution in [0.2, 0.25) is 0 Å². The molecule has 4 heterocycles. The highest BCUT2D eigenvalue weighted by molar-refractivity contribution is 6.23. The van der Waals surface area contributed by atoms with E-state index >= 15 is 0 Å². The Morgan fingerprint density at radius 1 is 1.17 bits per heavy atom. The molecule has 0 aromatic heterocycles. The van der Waals surface area contributed by atoms with Crippen molar-refractivity contribution in [2.24, 2.45) is 11.8 Å². The average molecular weight is 327 g/mol. The number of aryl methyl sites for hydroxylation is 1. The Morgan fingerprint density at radius 2 is 1.96 bits per heavy atom. The summed E-state index contributed by atoms with van der Waals surface area (Å²) in [5.41, 5.74) is 0.624. The SMILES string of the molecule is Cc1cccc(N2C(=O)[C@@H]3[C@H]4C=C[C@@](C5OCCO5)(O4)[C@H]3C2=O)c1. The van der Waals surface area contributed by atoms with Crippen LogP contribution in [0.5, 0.6) is 0 Å². The van der Waals surface area contributed by atoms with E-state index in [2.05, 4.69) is 0 Å². The Hall–Kier alpha value is -2.02. The zero-order valence-corrected chi connectivity index (χ0v) is 13.2. The number of carbonyl (C=O) groups excluding carboxylic acids is 2. The molecular formula is C18H17NO5. The Labute approximate surface area is 139 Å². The topological polar surface area (TPSA) is 65.1 Å². The number of fused-ring (bicyclic) bond motifs is 5. The molecule has 6 nitrogen and oxygen atoms in total. The normalized spacial score (nSPS) is 37.7. The fourth-order valence-electron chi connectivity index (χ4n) is 4.35. The molecular weight excluding hydrogens is 310 g/mol. The van der Waals surface area contributed by atoms with Crippen LogP contribution in [0.25, 0.3) is 0 Å². The summed E-state index contributed by atoms with van der Waals surface area (Å²) in [6.07, 6.45) is 2.67. The highest BCUT2D eigenvalue weighted by Crippen LogP contribution is 2.55. The molecule has 3 saturated heterocycles. The highest BCUT2D eigenvalue weighted by atomic mass is 16.7. The van der Waals surface area contributed by atoms with Crippen molar-refractivity contribution < 1.29 is 23.8 Å². The number of nitrogens with zero attached hydrogens (tertiary/aromatic N) is 1. The van der Waals surface area contributed by atoms with E-state index in [0.29, 0.717) is 18.9 Å². The van der Waals surface area contributed by atoms with E-state index < -0.39 is 29.8 Å². The molecule has 3 fully saturated rings. The summed E-state index contributed by atoms with van der Waals surface area (Å²) in [4.78, 5) is 27.4. The third-order valence-electron chi connectivity index (χ3n) is 5.33. The molecule has 0 unspecified atom stereocenters. The van der Waals surface area contributed by atoms with Crippen molar-refractivity contribution in [2.75, 3.05) is 18.1 Å². The van der Waals surface area contributed by atoms with E-state index in [1.807, 2.05) is 37.3 Å². The molecule has 2 amide bonds. The monoisotopic (exact) mass is 327 g/mol. The maximum Gasteiger partial charge on any atom is 0.241 e. The maximum absolute atomic E-state index is 13.1. The molecule has 0 N–H and O–H groups in total. The standard InChI is InChI=1S/C18H17NO5/c1-10-3-2-4-11(9-10)19-15(20)13-12-5-6-18(24-12,14(13)16(19)21)17-22-7-8-23-17/h2-6,9,12-14,17H,7-8H2,1H3/t12-,13-,14-,18-/m1/s1. The fourth-order valence-corrected chi connectivity index (χ4v) is 4.35. The molecule has 4 atom stereocenters. The van der Waals surface area contributed by atoms with Crippen LogP contribution >= 0.6 is 0 Å². The van der Waals surface area contributed by atoms with Gasteiger partial charge < -0.3 is 14.2 Å². The maximum atomic E-state index is 13.1. The largest absolute Gasteiger partial charge is 0.357 e. The zero-order chi connectivity index (χ0) is 16.5. The quantitative estimate of drug-likeness (QED) is 0.603. The first kappa shape index (κ1) is 14.3. The number of benzene rings is 1. The molecule has 0 aliphatic carbocycles. The first-order valence-corrected chi connectivity index (χ1v) is 8.17. The first-order valence-electron chi connectivity index (χ1n) is 8.17. The minimum absolute atomic E-state index is 0.204. The number of hydrogen-bond donors (Lipinski definition) is 0. The zero-order valence-electron chi connectivity index (χ0n) is 13.2. The van der Waals surface area contributed by atoms with Crippen LogP contribution in [0.4, 0.5) is 5.69 Å². The van der Waals surface area contributed by atoms with Gasteiger partial charge in [0.25, 0.3) is 0 Å². The molecule has 4 aliphatic heterocycles. The third-order valence-corrected chi connectivity index (χ3v) is 5.33. The molecule has 24 heavy (non-hydrogen) atoms. The van der Waals surface area contributed by atoms with Crippen molar-refractivity contribution in [2.45, 2.75) is 24.9 Å². The fraction of sp³-hybridized carbons (Fsp3) is 0.444. The Balaban J connectivity index is 1.57. The van der Waals surface area contributed by atoms with E-state index in [0.717, 1.165) is 5.56 Å². The van der Waals surface area contributed by atoms with E-state index in [1.54, 1.807) is 6.07 Å². The lowest BCUT2D eigenvalue weighted by Crippen LogP contribution is -2.49. The van der Waals surface area contributed by atoms with Gasteiger partial charge >= 0.3 is 0 Å². The minimum atomic E-state index is -0.989. The lowest BCUT2D eigenvalue weighted by molar-refractivity contribution is -0.180. The van der Waals surface area contributed by atoms with Gasteiger partial charge in [-0.2, -0.15) is 0 Å². The van der Waals surface area contributed by atoms with Crippen molar-refractivity contribution in [3.05, 3.63) is 42.0 Å². The number of amides is 2. The second-order valence-electron chi connectivity index (χ2n) is 6.72. The lowest BCUT2D eigenvalue weighted by Gasteiger charge is -2.32. The van der Waals surface area contributed by atoms with Crippen LogP contribution in [0.1, 0.15) is 5.56 Å². The van der Waals surface area contributed by atoms with Gasteiger partial charge in [-0.25, -0.2) is 4.90 Å². The van der Waals surface area contributed by atoms with E-state index in [1.165, 1.54) is 4.90 Å². The second kappa shape index (κ2) is 4.75. The number of rotatable bonds is 2. The number of anilines is 1. The van der Waals surface area contributed by atoms with Gasteiger partial charge in [0.1, 0.15) is 0 Å². The van der Waals surface area contributed by atoms with Gasteiger partial charge in [-0.3, -0.25) is 9.59 Å². The van der Waals surface area contributed by atoms with Crippen molar-refractivity contribution >= 4 is 17.5 Å². The predicted octanol–water partition coefficient (Wildman–Crippen LogP) is 1.18. The summed E-state index contributed by atoms with van der Waals surface area (Å²) >= 11 is 0. The number of ether oxygens (including phenoxy) is 3. The van der Waals surface area contributed by atoms with Gasteiger partial charge in [0, 0.05) is 0 Å². The van der Waals surface area contributed by atoms with Crippen LogP contribution in [0.15, 0.2) is 36.4 Å². The van der Waals surface area contributed by atoms with Crippen LogP contribution in [0.3, 0.4) is 0 Å². The molecule has 1 aromatic rings. The Kier molecular flexibility index (Phi) is 2.84. The van der Waals surface area contributed by atoms with Crippen molar-refractivity contribution in [3.8, 4) is 0 Å². The Bertz CT molecular complexity index is 768. The number of carbonyl (C=O) groups is 2. The average Bonchev–Trinajstić information content (AvgIpc) is 3.31. The molecule has 4 aliphatic rings. The van der Waals surface area contributed by atoms with Crippen LogP contribution < -0.4 is 4.90 Å². The smallest absolute Gasteiger partial charge is 0.241 e. The molecule has 6 heteroatoms. The van der Waals surface area contributed by atoms with Crippen LogP contribution in [-0.4, -0.2) is 43.0 Å². The molecule has 0 radical (unpaired) electrons. The van der Waals surface area contributed by atoms with Gasteiger partial charge in [0.2, 0.25) is 11.8 Å². The molecule has 2 bridgehead atoms. The second-order valence-corrected chi connectivity index (χ2v) is 6.72. The predicted molar refractivity (Wildman–Crippen MR) is 83.1 cm³/mol. The van der Waals surface area contributed by atoms with E-state index in [4.69, 9.17) is 14.2 Å². The summed E-state index contributed by atoms with van der Waals surface area (Å²) in [6, 6.07) is 7.42. The summed E-state index contributed by atoms with van der Waals surface area (Å²) in [6.45, 7) is 2.87. The third kappa shape index (κ3) is 1.65. The minimum Gasteiger partial charge on any atom is -0.357 e. The van der Waals surface area contributed by atoms with Crippen molar-refractivity contribution in [3.63, 3.8) is 0 Å². The summed E-state index contributed by atoms with van der Waals surface area (Å²) in [5, 5.41) is 0. The highest BCUT2D eigenvalue weighted by Gasteiger charge is 2.71. The van der Waals surface area contributed by atoms with Gasteiger partial charge in [-0.1, -0.05) is 18.2 Å². The number of hydrogen-bond acceptors (Lipinski definition) is 5. The molecule has 1 aromatic carbocycles. The van der Waals surface area contributed by atoms with E-state index in [9.17, 15) is 9.59 Å². The Morgan fingerprint density at radius 3 is 2.71 bits per heavy atom. The van der Waals surface area contributed by atoms with Crippen molar-refractivity contribution in [1.82, 2.24) is 0 Å². The molecule has 5 rings (SSSR count). The number of imide groups is 1. The summed E-state index contributed by atoms with van der Waals surface area (Å²) in [5.74, 6) is -1.54. The summed E-state index contributed by atoms with van der Waals surface area (Å²) < 4.78 is 17.3. The summed E-state index contributed by atoms with van der Waals surface area (Å²) in [7, 11) is 0. The van der Waals surface area contributed by atoms with Gasteiger partial charge in [-0.15, -0.1) is 0 Å². The van der Waals surface area contributed by atoms with Gasteiger partial charge in [-0.05, 0) is 30.7 Å². The van der Waals surface area contributed by atoms with Crippen LogP contribution in [0, 0.1) is 18.8 Å². The first-order chi connectivity index (χ1) is 11.6. The van der Waals surface area contributed by atoms with Gasteiger partial charge in [0.05, 0.1) is 36.8 Å². The lowest BCUT2D eigenvalue weighted by atomic mass is 9.76. The molecule has 0 saturated carbocycles.